The summed E-state index contributed by atoms with van der Waals surface area (Å²) in [6.45, 7) is 5.44. The molecule has 0 spiro atoms. The maximum atomic E-state index is 13.5. The normalized spacial score (nSPS) is 14.1. The number of halogens is 3. The molecule has 3 heterocycles. The van der Waals surface area contributed by atoms with Crippen LogP contribution in [0.2, 0.25) is 0 Å². The van der Waals surface area contributed by atoms with Crippen molar-refractivity contribution in [2.75, 3.05) is 18.6 Å². The van der Waals surface area contributed by atoms with Gasteiger partial charge in [0.2, 0.25) is 17.7 Å². The number of hydrogen-bond acceptors (Lipinski definition) is 10. The van der Waals surface area contributed by atoms with Crippen LogP contribution in [0.15, 0.2) is 55.3 Å². The number of nitrogens with one attached hydrogen (secondary N) is 1. The van der Waals surface area contributed by atoms with Gasteiger partial charge >= 0.3 is 6.18 Å². The lowest BCUT2D eigenvalue weighted by Gasteiger charge is -2.29. The monoisotopic (exact) mass is 634 g/mol. The van der Waals surface area contributed by atoms with Crippen molar-refractivity contribution in [3.63, 3.8) is 0 Å². The Bertz CT molecular complexity index is 1770. The first-order valence-corrected chi connectivity index (χ1v) is 14.5. The molecule has 0 aliphatic heterocycles. The fraction of sp³-hybridized carbons (Fsp3) is 0.355. The number of imidazole rings is 1. The Morgan fingerprint density at radius 2 is 1.78 bits per heavy atom. The number of alkyl halides is 3. The van der Waals surface area contributed by atoms with Crippen LogP contribution in [0.25, 0.3) is 22.8 Å². The van der Waals surface area contributed by atoms with Gasteiger partial charge in [-0.15, -0.1) is 0 Å². The highest BCUT2D eigenvalue weighted by molar-refractivity contribution is 6.00. The third kappa shape index (κ3) is 7.03. The Labute approximate surface area is 263 Å². The van der Waals surface area contributed by atoms with Gasteiger partial charge in [0.15, 0.2) is 11.5 Å². The van der Waals surface area contributed by atoms with Crippen molar-refractivity contribution in [2.24, 2.45) is 5.73 Å². The maximum absolute atomic E-state index is 13.5. The van der Waals surface area contributed by atoms with Gasteiger partial charge in [-0.05, 0) is 45.3 Å². The van der Waals surface area contributed by atoms with E-state index in [4.69, 9.17) is 20.9 Å². The first kappa shape index (κ1) is 32.2. The Hall–Kier alpha value is -5.21. The van der Waals surface area contributed by atoms with Gasteiger partial charge in [0.1, 0.15) is 24.0 Å². The van der Waals surface area contributed by atoms with Crippen LogP contribution in [0, 0.1) is 5.41 Å². The molecule has 1 aliphatic rings. The lowest BCUT2D eigenvalue weighted by molar-refractivity contribution is -0.140. The molecule has 0 saturated heterocycles. The van der Waals surface area contributed by atoms with Gasteiger partial charge in [0, 0.05) is 29.8 Å². The van der Waals surface area contributed by atoms with Gasteiger partial charge in [-0.3, -0.25) is 4.79 Å². The van der Waals surface area contributed by atoms with E-state index in [-0.39, 0.29) is 36.0 Å². The number of carbonyl (C=O) groups is 1. The van der Waals surface area contributed by atoms with Crippen molar-refractivity contribution < 1.29 is 22.7 Å². The summed E-state index contributed by atoms with van der Waals surface area (Å²) in [7, 11) is 1.51. The molecule has 1 aliphatic carbocycles. The minimum atomic E-state index is -4.57. The van der Waals surface area contributed by atoms with Gasteiger partial charge in [-0.2, -0.15) is 18.2 Å². The molecule has 1 saturated carbocycles. The number of carbonyl (C=O) groups excluding carboxylic acids is 1. The van der Waals surface area contributed by atoms with E-state index in [0.29, 0.717) is 22.8 Å². The van der Waals surface area contributed by atoms with E-state index >= 15 is 0 Å². The summed E-state index contributed by atoms with van der Waals surface area (Å²) in [6, 6.07) is 6.28. The van der Waals surface area contributed by atoms with Gasteiger partial charge in [0.05, 0.1) is 31.1 Å². The number of ether oxygens (including phenoxy) is 1. The van der Waals surface area contributed by atoms with Crippen LogP contribution in [-0.4, -0.2) is 59.7 Å². The molecule has 0 radical (unpaired) electrons. The molecule has 3 aromatic heterocycles. The number of nitrogens with zero attached hydrogens (tertiary/aromatic N) is 8. The van der Waals surface area contributed by atoms with Crippen LogP contribution in [-0.2, 0) is 11.0 Å². The van der Waals surface area contributed by atoms with Crippen molar-refractivity contribution in [2.45, 2.75) is 57.8 Å². The van der Waals surface area contributed by atoms with Gasteiger partial charge < -0.3 is 25.3 Å². The quantitative estimate of drug-likeness (QED) is 0.155. The Morgan fingerprint density at radius 3 is 2.39 bits per heavy atom. The smallest absolute Gasteiger partial charge is 0.434 e. The second-order valence-corrected chi connectivity index (χ2v) is 11.2. The van der Waals surface area contributed by atoms with Crippen molar-refractivity contribution in [1.29, 1.82) is 5.41 Å². The average Bonchev–Trinajstić information content (AvgIpc) is 3.77. The summed E-state index contributed by atoms with van der Waals surface area (Å²) in [5, 5.41) is 8.51. The number of anilines is 1. The summed E-state index contributed by atoms with van der Waals surface area (Å²) >= 11 is 0. The minimum Gasteiger partial charge on any atom is -0.480 e. The van der Waals surface area contributed by atoms with E-state index in [0.717, 1.165) is 36.4 Å². The highest BCUT2D eigenvalue weighted by Crippen LogP contribution is 2.45. The predicted molar refractivity (Wildman–Crippen MR) is 164 cm³/mol. The summed E-state index contributed by atoms with van der Waals surface area (Å²) in [4.78, 5) is 39.3. The number of methoxy groups -OCH3 is 1. The molecule has 1 amide bonds. The van der Waals surface area contributed by atoms with Gasteiger partial charge in [-0.1, -0.05) is 24.3 Å². The zero-order valence-electron chi connectivity index (χ0n) is 25.7. The lowest BCUT2D eigenvalue weighted by atomic mass is 10.0. The van der Waals surface area contributed by atoms with Gasteiger partial charge in [-0.25, -0.2) is 24.9 Å². The molecular weight excluding hydrogens is 601 g/mol. The lowest BCUT2D eigenvalue weighted by Crippen LogP contribution is -2.33. The third-order valence-corrected chi connectivity index (χ3v) is 7.53. The van der Waals surface area contributed by atoms with E-state index in [1.165, 1.54) is 30.4 Å². The minimum absolute atomic E-state index is 0.0131. The summed E-state index contributed by atoms with van der Waals surface area (Å²) < 4.78 is 47.4. The molecule has 46 heavy (non-hydrogen) atoms. The first-order chi connectivity index (χ1) is 21.9. The molecular formula is C31H33F3N10O2. The van der Waals surface area contributed by atoms with Crippen molar-refractivity contribution in [3.8, 4) is 28.7 Å². The number of amides is 1. The zero-order valence-corrected chi connectivity index (χ0v) is 25.7. The van der Waals surface area contributed by atoms with Crippen LogP contribution < -0.4 is 15.4 Å². The van der Waals surface area contributed by atoms with Crippen LogP contribution in [0.5, 0.6) is 5.88 Å². The van der Waals surface area contributed by atoms with E-state index in [9.17, 15) is 18.0 Å². The molecule has 4 aromatic rings. The zero-order chi connectivity index (χ0) is 33.2. The molecule has 1 atom stereocenters. The van der Waals surface area contributed by atoms with E-state index < -0.39 is 23.8 Å². The highest BCUT2D eigenvalue weighted by atomic mass is 19.4. The number of nitrogens with two attached hydrogens (primary N) is 1. The predicted octanol–water partition coefficient (Wildman–Crippen LogP) is 5.31. The topological polar surface area (TPSA) is 162 Å². The number of benzene rings is 1. The molecule has 1 aromatic carbocycles. The number of rotatable bonds is 12. The van der Waals surface area contributed by atoms with Crippen LogP contribution in [0.1, 0.15) is 68.6 Å². The molecule has 1 fully saturated rings. The second-order valence-electron chi connectivity index (χ2n) is 11.2. The fourth-order valence-corrected chi connectivity index (χ4v) is 4.99. The molecule has 12 nitrogen and oxygen atoms in total. The molecule has 15 heteroatoms. The first-order valence-electron chi connectivity index (χ1n) is 14.5. The van der Waals surface area contributed by atoms with E-state index in [2.05, 4.69) is 24.9 Å². The SMILES string of the molecule is COc1ncnc(C2CC2)c1-c1ncnc(N(CC(=N)/C=C\C(N)=O)C(C)c2ccc(-c3nc(C(F)(F)F)cn3C(C)C)cc2)n1. The summed E-state index contributed by atoms with van der Waals surface area (Å²) in [6.07, 6.45) is 3.59. The van der Waals surface area contributed by atoms with Crippen molar-refractivity contribution >= 4 is 17.6 Å². The molecule has 240 valence electrons. The summed E-state index contributed by atoms with van der Waals surface area (Å²) in [5.41, 5.74) is 6.96. The number of aromatic nitrogens is 7. The average molecular weight is 635 g/mol. The van der Waals surface area contributed by atoms with E-state index in [1.807, 2.05) is 6.92 Å². The van der Waals surface area contributed by atoms with Crippen LogP contribution in [0.3, 0.4) is 0 Å². The Morgan fingerprint density at radius 1 is 1.09 bits per heavy atom. The highest BCUT2D eigenvalue weighted by Gasteiger charge is 2.35. The second kappa shape index (κ2) is 13.0. The molecule has 1 unspecified atom stereocenters. The van der Waals surface area contributed by atoms with Crippen molar-refractivity contribution in [1.82, 2.24) is 34.5 Å². The molecule has 3 N–H and O–H groups in total. The molecule has 0 bridgehead atoms. The third-order valence-electron chi connectivity index (χ3n) is 7.53. The van der Waals surface area contributed by atoms with Crippen LogP contribution in [0.4, 0.5) is 19.1 Å². The Balaban J connectivity index is 1.52. The number of primary amides is 1. The number of hydrogen-bond donors (Lipinski definition) is 2. The molecule has 5 rings (SSSR count). The van der Waals surface area contributed by atoms with E-state index in [1.54, 1.807) is 43.0 Å². The Kier molecular flexibility index (Phi) is 9.12. The fourth-order valence-electron chi connectivity index (χ4n) is 4.99. The summed E-state index contributed by atoms with van der Waals surface area (Å²) in [5.74, 6) is 0.610. The van der Waals surface area contributed by atoms with Crippen LogP contribution >= 0.6 is 0 Å². The van der Waals surface area contributed by atoms with Crippen molar-refractivity contribution in [3.05, 3.63) is 72.2 Å². The standard InChI is InChI=1S/C31H33F3N10O2/c1-17(2)43-14-23(31(32,33)34)41-28(43)21-9-5-19(6-10-21)18(3)44(13-22(35)11-12-24(36)45)30-40-16-38-27(42-30)25-26(20-7-8-20)37-15-39-29(25)46-4/h5-6,9-12,14-18,20,35H,7-8,13H2,1-4H3,(H2,36,45)/b12-11-,35-22?. The maximum Gasteiger partial charge on any atom is 0.434 e. The van der Waals surface area contributed by atoms with Gasteiger partial charge in [0.25, 0.3) is 0 Å². The largest absolute Gasteiger partial charge is 0.480 e.